The number of nitrogens with one attached hydrogen (secondary N) is 1. The topological polar surface area (TPSA) is 116 Å². The summed E-state index contributed by atoms with van der Waals surface area (Å²) in [4.78, 5) is 27.3. The van der Waals surface area contributed by atoms with Crippen molar-refractivity contribution in [3.8, 4) is 0 Å². The Bertz CT molecular complexity index is 924. The first-order valence-electron chi connectivity index (χ1n) is 10.3. The maximum Gasteiger partial charge on any atom is 0.243 e. The second kappa shape index (κ2) is 8.71. The Kier molecular flexibility index (Phi) is 6.45. The Morgan fingerprint density at radius 1 is 1.20 bits per heavy atom. The molecule has 7 heteroatoms. The molecule has 2 aromatic carbocycles. The molecule has 0 spiro atoms. The molecular formula is C23H31N3O4. The van der Waals surface area contributed by atoms with Gasteiger partial charge in [0.25, 0.3) is 0 Å². The number of hydrogen-bond acceptors (Lipinski definition) is 5. The van der Waals surface area contributed by atoms with Crippen LogP contribution in [0.5, 0.6) is 0 Å². The van der Waals surface area contributed by atoms with Crippen molar-refractivity contribution in [3.05, 3.63) is 48.0 Å². The van der Waals surface area contributed by atoms with Gasteiger partial charge in [0.05, 0.1) is 24.8 Å². The van der Waals surface area contributed by atoms with E-state index < -0.39 is 35.6 Å². The van der Waals surface area contributed by atoms with Gasteiger partial charge in [-0.25, -0.2) is 0 Å². The number of nitrogens with two attached hydrogens (primary N) is 1. The average Bonchev–Trinajstić information content (AvgIpc) is 3.11. The van der Waals surface area contributed by atoms with E-state index in [1.165, 1.54) is 4.90 Å². The minimum atomic E-state index is -0.824. The Morgan fingerprint density at radius 2 is 1.87 bits per heavy atom. The molecule has 3 rings (SSSR count). The molecule has 162 valence electrons. The van der Waals surface area contributed by atoms with Crippen LogP contribution in [0.1, 0.15) is 38.8 Å². The van der Waals surface area contributed by atoms with Gasteiger partial charge in [-0.2, -0.15) is 0 Å². The zero-order valence-electron chi connectivity index (χ0n) is 17.7. The van der Waals surface area contributed by atoms with Gasteiger partial charge in [-0.1, -0.05) is 57.2 Å². The number of rotatable bonds is 5. The number of aliphatic hydroxyl groups excluding tert-OH is 2. The number of fused-ring (bicyclic) bond motifs is 1. The van der Waals surface area contributed by atoms with Gasteiger partial charge in [-0.05, 0) is 27.8 Å². The van der Waals surface area contributed by atoms with E-state index in [9.17, 15) is 19.8 Å². The van der Waals surface area contributed by atoms with E-state index in [1.54, 1.807) is 0 Å². The molecule has 1 saturated heterocycles. The lowest BCUT2D eigenvalue weighted by atomic mass is 9.86. The Labute approximate surface area is 176 Å². The van der Waals surface area contributed by atoms with Gasteiger partial charge < -0.3 is 26.2 Å². The van der Waals surface area contributed by atoms with Gasteiger partial charge >= 0.3 is 0 Å². The number of amides is 2. The van der Waals surface area contributed by atoms with Crippen LogP contribution >= 0.6 is 0 Å². The number of likely N-dealkylation sites (tertiary alicyclic amines) is 1. The van der Waals surface area contributed by atoms with Crippen LogP contribution < -0.4 is 11.1 Å². The Balaban J connectivity index is 1.78. The molecule has 4 atom stereocenters. The molecule has 0 unspecified atom stereocenters. The molecule has 1 fully saturated rings. The fourth-order valence-corrected chi connectivity index (χ4v) is 3.78. The van der Waals surface area contributed by atoms with E-state index in [0.717, 1.165) is 16.3 Å². The summed E-state index contributed by atoms with van der Waals surface area (Å²) in [5.41, 5.74) is 6.41. The summed E-state index contributed by atoms with van der Waals surface area (Å²) in [6.45, 7) is 5.37. The number of carbonyl (C=O) groups is 2. The summed E-state index contributed by atoms with van der Waals surface area (Å²) < 4.78 is 0. The highest BCUT2D eigenvalue weighted by molar-refractivity contribution is 5.91. The van der Waals surface area contributed by atoms with Crippen LogP contribution in [0.4, 0.5) is 0 Å². The molecule has 1 aliphatic heterocycles. The lowest BCUT2D eigenvalue weighted by molar-refractivity contribution is -0.141. The van der Waals surface area contributed by atoms with E-state index >= 15 is 0 Å². The van der Waals surface area contributed by atoms with Gasteiger partial charge in [-0.3, -0.25) is 9.59 Å². The normalized spacial score (nSPS) is 21.5. The maximum absolute atomic E-state index is 13.0. The van der Waals surface area contributed by atoms with Gasteiger partial charge in [-0.15, -0.1) is 0 Å². The number of carbonyl (C=O) groups excluding carboxylic acids is 2. The van der Waals surface area contributed by atoms with Crippen LogP contribution in [0.15, 0.2) is 42.5 Å². The van der Waals surface area contributed by atoms with Gasteiger partial charge in [0.15, 0.2) is 0 Å². The van der Waals surface area contributed by atoms with Gasteiger partial charge in [0.2, 0.25) is 11.8 Å². The summed E-state index contributed by atoms with van der Waals surface area (Å²) in [5.74, 6) is -0.765. The van der Waals surface area contributed by atoms with Crippen molar-refractivity contribution >= 4 is 22.6 Å². The lowest BCUT2D eigenvalue weighted by Gasteiger charge is -2.33. The van der Waals surface area contributed by atoms with Crippen molar-refractivity contribution < 1.29 is 19.8 Å². The zero-order valence-corrected chi connectivity index (χ0v) is 17.7. The molecule has 1 aliphatic rings. The van der Waals surface area contributed by atoms with Crippen LogP contribution in [0.2, 0.25) is 0 Å². The van der Waals surface area contributed by atoms with Crippen molar-refractivity contribution in [2.45, 2.75) is 51.4 Å². The van der Waals surface area contributed by atoms with Crippen molar-refractivity contribution in [2.75, 3.05) is 13.2 Å². The molecular weight excluding hydrogens is 382 g/mol. The molecule has 2 aromatic rings. The molecule has 0 aliphatic carbocycles. The van der Waals surface area contributed by atoms with E-state index in [2.05, 4.69) is 5.32 Å². The third kappa shape index (κ3) is 4.64. The second-order valence-corrected chi connectivity index (χ2v) is 9.09. The first-order chi connectivity index (χ1) is 14.1. The summed E-state index contributed by atoms with van der Waals surface area (Å²) in [7, 11) is 0. The smallest absolute Gasteiger partial charge is 0.243 e. The zero-order chi connectivity index (χ0) is 22.1. The van der Waals surface area contributed by atoms with Gasteiger partial charge in [0.1, 0.15) is 6.04 Å². The van der Waals surface area contributed by atoms with Crippen LogP contribution in [0.3, 0.4) is 0 Å². The molecule has 0 aromatic heterocycles. The summed E-state index contributed by atoms with van der Waals surface area (Å²) in [6, 6.07) is 11.4. The Morgan fingerprint density at radius 3 is 2.50 bits per heavy atom. The molecule has 5 N–H and O–H groups in total. The quantitative estimate of drug-likeness (QED) is 0.590. The molecule has 30 heavy (non-hydrogen) atoms. The number of β-amino-alcohol motifs (C(OH)–C–C–N with tert-alkyl or cyclic N) is 1. The van der Waals surface area contributed by atoms with Crippen molar-refractivity contribution in [2.24, 2.45) is 11.1 Å². The third-order valence-corrected chi connectivity index (χ3v) is 5.74. The Hall–Kier alpha value is -2.48. The van der Waals surface area contributed by atoms with E-state index in [0.29, 0.717) is 0 Å². The standard InChI is InChI=1S/C23H31N3O4/c1-23(2,3)20(24)22(30)26-12-17(28)11-19(26)21(29)25-18(13-27)16-9-8-14-6-4-5-7-15(14)10-16/h4-10,17-20,27-28H,11-13,24H2,1-3H3,(H,25,29)/t17-,18+,19+,20-/m1/s1. The molecule has 0 saturated carbocycles. The summed E-state index contributed by atoms with van der Waals surface area (Å²) in [6.07, 6.45) is -0.644. The predicted molar refractivity (Wildman–Crippen MR) is 115 cm³/mol. The molecule has 1 heterocycles. The molecule has 0 bridgehead atoms. The van der Waals surface area contributed by atoms with Crippen LogP contribution in [0, 0.1) is 5.41 Å². The maximum atomic E-state index is 13.0. The van der Waals surface area contributed by atoms with Gasteiger partial charge in [0, 0.05) is 13.0 Å². The largest absolute Gasteiger partial charge is 0.394 e. The fourth-order valence-electron chi connectivity index (χ4n) is 3.78. The number of nitrogens with zero attached hydrogens (tertiary/aromatic N) is 1. The predicted octanol–water partition coefficient (Wildman–Crippen LogP) is 1.32. The minimum Gasteiger partial charge on any atom is -0.394 e. The molecule has 7 nitrogen and oxygen atoms in total. The number of benzene rings is 2. The highest BCUT2D eigenvalue weighted by atomic mass is 16.3. The van der Waals surface area contributed by atoms with Crippen LogP contribution in [-0.4, -0.2) is 58.3 Å². The van der Waals surface area contributed by atoms with Crippen molar-refractivity contribution in [1.29, 1.82) is 0 Å². The molecule has 0 radical (unpaired) electrons. The van der Waals surface area contributed by atoms with Crippen molar-refractivity contribution in [1.82, 2.24) is 10.2 Å². The van der Waals surface area contributed by atoms with E-state index in [-0.39, 0.29) is 25.5 Å². The third-order valence-electron chi connectivity index (χ3n) is 5.74. The fraction of sp³-hybridized carbons (Fsp3) is 0.478. The summed E-state index contributed by atoms with van der Waals surface area (Å²) >= 11 is 0. The number of hydrogen-bond donors (Lipinski definition) is 4. The lowest BCUT2D eigenvalue weighted by Crippen LogP contribution is -2.55. The van der Waals surface area contributed by atoms with Crippen LogP contribution in [-0.2, 0) is 9.59 Å². The minimum absolute atomic E-state index is 0.0699. The highest BCUT2D eigenvalue weighted by Gasteiger charge is 2.43. The second-order valence-electron chi connectivity index (χ2n) is 9.09. The van der Waals surface area contributed by atoms with E-state index in [1.807, 2.05) is 63.2 Å². The SMILES string of the molecule is CC(C)(C)[C@H](N)C(=O)N1C[C@H](O)C[C@H]1C(=O)N[C@@H](CO)c1ccc2ccccc2c1. The first kappa shape index (κ1) is 22.2. The monoisotopic (exact) mass is 413 g/mol. The van der Waals surface area contributed by atoms with Crippen LogP contribution in [0.25, 0.3) is 10.8 Å². The van der Waals surface area contributed by atoms with E-state index in [4.69, 9.17) is 5.73 Å². The average molecular weight is 414 g/mol. The van der Waals surface area contributed by atoms with Crippen molar-refractivity contribution in [3.63, 3.8) is 0 Å². The summed E-state index contributed by atoms with van der Waals surface area (Å²) in [5, 5.41) is 24.9. The highest BCUT2D eigenvalue weighted by Crippen LogP contribution is 2.26. The first-order valence-corrected chi connectivity index (χ1v) is 10.3. The number of aliphatic hydroxyl groups is 2. The molecule has 2 amide bonds.